The van der Waals surface area contributed by atoms with Crippen molar-refractivity contribution in [1.29, 1.82) is 0 Å². The molecule has 3 aliphatic heterocycles. The summed E-state index contributed by atoms with van der Waals surface area (Å²) in [5.74, 6) is -1.24. The number of amides is 3. The lowest BCUT2D eigenvalue weighted by molar-refractivity contribution is -0.146. The van der Waals surface area contributed by atoms with Crippen LogP contribution in [-0.2, 0) is 20.9 Å². The van der Waals surface area contributed by atoms with Crippen LogP contribution in [-0.4, -0.2) is 84.8 Å². The standard InChI is InChI=1S/C33H47N3O4S/c1-7-19-34(23-24-15-11-9-12-16-24)28(38)25-26-29(39)35(21-13-10-14-22-37)27(33(26)18-17-32(25,6)41-33)30(40)36(20-8-2)31(3,4)5/h7-9,11-12,15-16,25-27,37H,1-2,10,13-14,17-23H2,3-6H3/t25-,26-,27?,32+,33?/m0/s1. The van der Waals surface area contributed by atoms with Gasteiger partial charge in [-0.2, -0.15) is 0 Å². The third-order valence-corrected chi connectivity index (χ3v) is 11.1. The second-order valence-corrected chi connectivity index (χ2v) is 14.8. The van der Waals surface area contributed by atoms with Crippen molar-refractivity contribution in [2.24, 2.45) is 11.8 Å². The maximum absolute atomic E-state index is 14.5. The Kier molecular flexibility index (Phi) is 9.44. The summed E-state index contributed by atoms with van der Waals surface area (Å²) in [4.78, 5) is 48.9. The van der Waals surface area contributed by atoms with Gasteiger partial charge in [0.1, 0.15) is 6.04 Å². The lowest BCUT2D eigenvalue weighted by atomic mass is 9.66. The van der Waals surface area contributed by atoms with Crippen molar-refractivity contribution in [2.75, 3.05) is 26.2 Å². The molecule has 0 radical (unpaired) electrons. The Morgan fingerprint density at radius 2 is 1.76 bits per heavy atom. The molecule has 224 valence electrons. The normalized spacial score (nSPS) is 28.5. The van der Waals surface area contributed by atoms with Gasteiger partial charge in [0.2, 0.25) is 17.7 Å². The average Bonchev–Trinajstić information content (AvgIpc) is 3.49. The molecule has 1 spiro atoms. The number of aliphatic hydroxyl groups is 1. The summed E-state index contributed by atoms with van der Waals surface area (Å²) in [5, 5.41) is 9.31. The van der Waals surface area contributed by atoms with E-state index < -0.39 is 32.9 Å². The van der Waals surface area contributed by atoms with Crippen molar-refractivity contribution in [3.63, 3.8) is 0 Å². The summed E-state index contributed by atoms with van der Waals surface area (Å²) in [6.07, 6.45) is 7.12. The number of hydrogen-bond donors (Lipinski definition) is 1. The number of nitrogens with zero attached hydrogens (tertiary/aromatic N) is 3. The molecule has 7 nitrogen and oxygen atoms in total. The zero-order valence-corrected chi connectivity index (χ0v) is 26.0. The minimum Gasteiger partial charge on any atom is -0.396 e. The molecule has 0 aliphatic carbocycles. The van der Waals surface area contributed by atoms with Gasteiger partial charge in [-0.25, -0.2) is 0 Å². The highest BCUT2D eigenvalue weighted by molar-refractivity contribution is 8.02. The molecule has 41 heavy (non-hydrogen) atoms. The summed E-state index contributed by atoms with van der Waals surface area (Å²) in [7, 11) is 0. The van der Waals surface area contributed by atoms with E-state index in [2.05, 4.69) is 20.1 Å². The highest BCUT2D eigenvalue weighted by atomic mass is 32.2. The van der Waals surface area contributed by atoms with Gasteiger partial charge in [0, 0.05) is 43.1 Å². The summed E-state index contributed by atoms with van der Waals surface area (Å²) in [6.45, 7) is 17.7. The van der Waals surface area contributed by atoms with E-state index in [1.54, 1.807) is 28.8 Å². The van der Waals surface area contributed by atoms with Crippen LogP contribution < -0.4 is 0 Å². The lowest BCUT2D eigenvalue weighted by Gasteiger charge is -2.42. The number of carbonyl (C=O) groups is 3. The molecule has 3 saturated heterocycles. The molecule has 3 aliphatic rings. The number of hydrogen-bond acceptors (Lipinski definition) is 5. The van der Waals surface area contributed by atoms with Crippen LogP contribution in [0.3, 0.4) is 0 Å². The number of aliphatic hydroxyl groups excluding tert-OH is 1. The number of unbranched alkanes of at least 4 members (excludes halogenated alkanes) is 2. The van der Waals surface area contributed by atoms with Gasteiger partial charge in [-0.3, -0.25) is 14.4 Å². The van der Waals surface area contributed by atoms with Gasteiger partial charge in [-0.1, -0.05) is 42.5 Å². The fourth-order valence-corrected chi connectivity index (χ4v) is 9.60. The first-order valence-electron chi connectivity index (χ1n) is 14.9. The molecule has 1 aromatic carbocycles. The largest absolute Gasteiger partial charge is 0.396 e. The third kappa shape index (κ3) is 5.74. The summed E-state index contributed by atoms with van der Waals surface area (Å²) in [5.41, 5.74) is 0.572. The number of thioether (sulfide) groups is 1. The monoisotopic (exact) mass is 581 g/mol. The van der Waals surface area contributed by atoms with E-state index in [0.717, 1.165) is 24.8 Å². The smallest absolute Gasteiger partial charge is 0.247 e. The Morgan fingerprint density at radius 3 is 2.37 bits per heavy atom. The minimum absolute atomic E-state index is 0.0317. The Balaban J connectivity index is 1.74. The van der Waals surface area contributed by atoms with Crippen molar-refractivity contribution < 1.29 is 19.5 Å². The quantitative estimate of drug-likeness (QED) is 0.271. The maximum atomic E-state index is 14.5. The fraction of sp³-hybridized carbons (Fsp3) is 0.606. The first kappa shape index (κ1) is 31.4. The molecule has 4 rings (SSSR count). The van der Waals surface area contributed by atoms with Crippen molar-refractivity contribution in [1.82, 2.24) is 14.7 Å². The molecular weight excluding hydrogens is 534 g/mol. The number of rotatable bonds is 13. The molecule has 3 amide bonds. The van der Waals surface area contributed by atoms with Crippen LogP contribution in [0.1, 0.15) is 65.4 Å². The second-order valence-electron chi connectivity index (χ2n) is 12.9. The van der Waals surface area contributed by atoms with E-state index in [-0.39, 0.29) is 24.3 Å². The van der Waals surface area contributed by atoms with Gasteiger partial charge in [-0.05, 0) is 65.4 Å². The Bertz CT molecular complexity index is 1150. The predicted octanol–water partition coefficient (Wildman–Crippen LogP) is 4.66. The molecule has 1 aromatic rings. The van der Waals surface area contributed by atoms with Gasteiger partial charge >= 0.3 is 0 Å². The topological polar surface area (TPSA) is 81.2 Å². The van der Waals surface area contributed by atoms with Gasteiger partial charge in [0.05, 0.1) is 16.6 Å². The Labute approximate surface area is 250 Å². The summed E-state index contributed by atoms with van der Waals surface area (Å²) in [6, 6.07) is 9.26. The van der Waals surface area contributed by atoms with E-state index in [1.807, 2.05) is 60.9 Å². The number of fused-ring (bicyclic) bond motifs is 1. The van der Waals surface area contributed by atoms with Crippen LogP contribution in [0.5, 0.6) is 0 Å². The van der Waals surface area contributed by atoms with E-state index in [1.165, 1.54) is 0 Å². The van der Waals surface area contributed by atoms with E-state index in [4.69, 9.17) is 0 Å². The van der Waals surface area contributed by atoms with Gasteiger partial charge in [0.15, 0.2) is 0 Å². The van der Waals surface area contributed by atoms with Gasteiger partial charge in [-0.15, -0.1) is 24.9 Å². The van der Waals surface area contributed by atoms with Crippen molar-refractivity contribution >= 4 is 29.5 Å². The molecule has 2 unspecified atom stereocenters. The van der Waals surface area contributed by atoms with Crippen LogP contribution in [0.4, 0.5) is 0 Å². The first-order chi connectivity index (χ1) is 19.4. The van der Waals surface area contributed by atoms with E-state index >= 15 is 0 Å². The molecule has 0 aromatic heterocycles. The number of carbonyl (C=O) groups excluding carboxylic acids is 3. The number of likely N-dealkylation sites (tertiary alicyclic amines) is 1. The molecule has 2 bridgehead atoms. The molecule has 0 saturated carbocycles. The Morgan fingerprint density at radius 1 is 1.07 bits per heavy atom. The fourth-order valence-electron chi connectivity index (χ4n) is 7.25. The molecule has 1 N–H and O–H groups in total. The van der Waals surface area contributed by atoms with Crippen LogP contribution in [0.25, 0.3) is 0 Å². The molecule has 8 heteroatoms. The second kappa shape index (κ2) is 12.3. The van der Waals surface area contributed by atoms with Crippen molar-refractivity contribution in [3.8, 4) is 0 Å². The van der Waals surface area contributed by atoms with Gasteiger partial charge in [0.25, 0.3) is 0 Å². The molecule has 3 fully saturated rings. The molecule has 3 heterocycles. The van der Waals surface area contributed by atoms with Crippen LogP contribution in [0.15, 0.2) is 55.6 Å². The minimum atomic E-state index is -0.655. The zero-order valence-electron chi connectivity index (χ0n) is 25.2. The summed E-state index contributed by atoms with van der Waals surface area (Å²) >= 11 is 1.71. The van der Waals surface area contributed by atoms with Crippen LogP contribution >= 0.6 is 11.8 Å². The van der Waals surface area contributed by atoms with Crippen molar-refractivity contribution in [3.05, 3.63) is 61.2 Å². The van der Waals surface area contributed by atoms with Crippen molar-refractivity contribution in [2.45, 2.75) is 87.4 Å². The predicted molar refractivity (Wildman–Crippen MR) is 165 cm³/mol. The van der Waals surface area contributed by atoms with Gasteiger partial charge < -0.3 is 19.8 Å². The lowest BCUT2D eigenvalue weighted by Crippen LogP contribution is -2.58. The van der Waals surface area contributed by atoms with E-state index in [9.17, 15) is 19.5 Å². The molecular formula is C33H47N3O4S. The van der Waals surface area contributed by atoms with Crippen LogP contribution in [0.2, 0.25) is 0 Å². The molecule has 5 atom stereocenters. The SMILES string of the molecule is C=CCN(Cc1ccccc1)C(=O)[C@@H]1[C@H]2C(=O)N(CCCCCO)C(C(=O)N(CC=C)C(C)(C)C)C23CC[C@@]1(C)S3. The number of benzene rings is 1. The average molecular weight is 582 g/mol. The first-order valence-corrected chi connectivity index (χ1v) is 15.7. The van der Waals surface area contributed by atoms with E-state index in [0.29, 0.717) is 39.0 Å². The third-order valence-electron chi connectivity index (χ3n) is 9.10. The maximum Gasteiger partial charge on any atom is 0.247 e. The highest BCUT2D eigenvalue weighted by Gasteiger charge is 2.77. The van der Waals surface area contributed by atoms with Crippen LogP contribution in [0, 0.1) is 11.8 Å². The Hall–Kier alpha value is -2.58. The zero-order chi connectivity index (χ0) is 30.0. The summed E-state index contributed by atoms with van der Waals surface area (Å²) < 4.78 is -1.09. The highest BCUT2D eigenvalue weighted by Crippen LogP contribution is 2.71.